The van der Waals surface area contributed by atoms with Crippen LogP contribution < -0.4 is 0 Å². The van der Waals surface area contributed by atoms with Crippen LogP contribution in [0.4, 0.5) is 0 Å². The second-order valence-electron chi connectivity index (χ2n) is 7.94. The predicted octanol–water partition coefficient (Wildman–Crippen LogP) is 2.99. The van der Waals surface area contributed by atoms with Gasteiger partial charge in [0.25, 0.3) is 0 Å². The molecule has 0 saturated carbocycles. The molecule has 0 radical (unpaired) electrons. The molecule has 2 saturated heterocycles. The number of morpholine rings is 1. The van der Waals surface area contributed by atoms with Crippen LogP contribution in [0.15, 0.2) is 11.6 Å². The summed E-state index contributed by atoms with van der Waals surface area (Å²) in [7, 11) is 0. The van der Waals surface area contributed by atoms with Crippen LogP contribution in [0.3, 0.4) is 0 Å². The zero-order valence-electron chi connectivity index (χ0n) is 15.4. The number of thioether (sulfide) groups is 1. The van der Waals surface area contributed by atoms with Gasteiger partial charge >= 0.3 is 0 Å². The summed E-state index contributed by atoms with van der Waals surface area (Å²) in [6.45, 7) is 12.7. The molecular formula is C19H32N2O2S. The number of hydrogen-bond donors (Lipinski definition) is 0. The first-order valence-corrected chi connectivity index (χ1v) is 10.4. The van der Waals surface area contributed by atoms with Crippen LogP contribution in [0.2, 0.25) is 0 Å². The Morgan fingerprint density at radius 1 is 1.29 bits per heavy atom. The van der Waals surface area contributed by atoms with Gasteiger partial charge < -0.3 is 9.64 Å². The van der Waals surface area contributed by atoms with E-state index in [1.54, 1.807) is 0 Å². The molecule has 2 heterocycles. The molecule has 136 valence electrons. The SMILES string of the molecule is CC1=CCC(CC2SCC(=O)N2CCCN2CCOCC2)C1(C)C. The lowest BCUT2D eigenvalue weighted by Gasteiger charge is -2.34. The van der Waals surface area contributed by atoms with Gasteiger partial charge in [-0.05, 0) is 37.5 Å². The lowest BCUT2D eigenvalue weighted by atomic mass is 9.76. The van der Waals surface area contributed by atoms with Gasteiger partial charge in [0.15, 0.2) is 0 Å². The molecule has 0 aromatic rings. The molecule has 1 aliphatic carbocycles. The summed E-state index contributed by atoms with van der Waals surface area (Å²) in [5, 5.41) is 0.380. The average Bonchev–Trinajstić information content (AvgIpc) is 3.03. The summed E-state index contributed by atoms with van der Waals surface area (Å²) in [5.41, 5.74) is 1.80. The average molecular weight is 353 g/mol. The van der Waals surface area contributed by atoms with Crippen LogP contribution in [0.5, 0.6) is 0 Å². The normalized spacial score (nSPS) is 30.9. The summed E-state index contributed by atoms with van der Waals surface area (Å²) in [6.07, 6.45) is 5.78. The fourth-order valence-corrected chi connectivity index (χ4v) is 5.36. The summed E-state index contributed by atoms with van der Waals surface area (Å²) in [5.74, 6) is 1.68. The highest BCUT2D eigenvalue weighted by Gasteiger charge is 2.40. The molecule has 0 spiro atoms. The third-order valence-electron chi connectivity index (χ3n) is 6.28. The molecular weight excluding hydrogens is 320 g/mol. The van der Waals surface area contributed by atoms with E-state index in [1.807, 2.05) is 11.8 Å². The summed E-state index contributed by atoms with van der Waals surface area (Å²) in [6, 6.07) is 0. The maximum Gasteiger partial charge on any atom is 0.233 e. The Labute approximate surface area is 151 Å². The Hall–Kier alpha value is -0.520. The van der Waals surface area contributed by atoms with Crippen molar-refractivity contribution in [1.82, 2.24) is 9.80 Å². The Kier molecular flexibility index (Phi) is 5.94. The van der Waals surface area contributed by atoms with E-state index in [0.717, 1.165) is 52.2 Å². The minimum atomic E-state index is 0.283. The van der Waals surface area contributed by atoms with Gasteiger partial charge in [-0.3, -0.25) is 9.69 Å². The number of nitrogens with zero attached hydrogens (tertiary/aromatic N) is 2. The van der Waals surface area contributed by atoms with Crippen molar-refractivity contribution in [3.8, 4) is 0 Å². The standard InChI is InChI=1S/C19H32N2O2S/c1-15-5-6-16(19(15,2)3)13-18-21(17(22)14-24-18)8-4-7-20-9-11-23-12-10-20/h5,16,18H,4,6-14H2,1-3H3. The molecule has 2 fully saturated rings. The Morgan fingerprint density at radius 2 is 2.04 bits per heavy atom. The van der Waals surface area contributed by atoms with Crippen molar-refractivity contribution in [2.45, 2.75) is 45.4 Å². The molecule has 0 aromatic heterocycles. The fraction of sp³-hybridized carbons (Fsp3) is 0.842. The number of allylic oxidation sites excluding steroid dienone is 2. The topological polar surface area (TPSA) is 32.8 Å². The Bertz CT molecular complexity index is 486. The van der Waals surface area contributed by atoms with Crippen molar-refractivity contribution >= 4 is 17.7 Å². The van der Waals surface area contributed by atoms with Gasteiger partial charge in [0, 0.05) is 26.2 Å². The molecule has 24 heavy (non-hydrogen) atoms. The van der Waals surface area contributed by atoms with Gasteiger partial charge in [-0.1, -0.05) is 25.5 Å². The molecule has 3 aliphatic rings. The fourth-order valence-electron chi connectivity index (χ4n) is 4.09. The maximum atomic E-state index is 12.3. The molecule has 2 unspecified atom stereocenters. The van der Waals surface area contributed by atoms with E-state index in [-0.39, 0.29) is 5.41 Å². The van der Waals surface area contributed by atoms with Crippen LogP contribution in [-0.2, 0) is 9.53 Å². The first-order chi connectivity index (χ1) is 11.5. The van der Waals surface area contributed by atoms with E-state index < -0.39 is 0 Å². The molecule has 0 bridgehead atoms. The van der Waals surface area contributed by atoms with Crippen molar-refractivity contribution in [2.24, 2.45) is 11.3 Å². The number of rotatable bonds is 6. The minimum Gasteiger partial charge on any atom is -0.379 e. The number of hydrogen-bond acceptors (Lipinski definition) is 4. The van der Waals surface area contributed by atoms with Gasteiger partial charge in [0.1, 0.15) is 0 Å². The Morgan fingerprint density at radius 3 is 2.71 bits per heavy atom. The molecule has 3 rings (SSSR count). The zero-order chi connectivity index (χ0) is 17.2. The lowest BCUT2D eigenvalue weighted by Crippen LogP contribution is -2.40. The van der Waals surface area contributed by atoms with E-state index in [1.165, 1.54) is 12.0 Å². The van der Waals surface area contributed by atoms with Crippen LogP contribution in [0.25, 0.3) is 0 Å². The molecule has 4 nitrogen and oxygen atoms in total. The number of ether oxygens (including phenoxy) is 1. The summed E-state index contributed by atoms with van der Waals surface area (Å²) < 4.78 is 5.40. The zero-order valence-corrected chi connectivity index (χ0v) is 16.2. The van der Waals surface area contributed by atoms with E-state index >= 15 is 0 Å². The molecule has 2 atom stereocenters. The van der Waals surface area contributed by atoms with Crippen LogP contribution in [0.1, 0.15) is 40.0 Å². The van der Waals surface area contributed by atoms with Crippen molar-refractivity contribution in [3.05, 3.63) is 11.6 Å². The van der Waals surface area contributed by atoms with Crippen LogP contribution in [0, 0.1) is 11.3 Å². The van der Waals surface area contributed by atoms with E-state index in [9.17, 15) is 4.79 Å². The van der Waals surface area contributed by atoms with Crippen molar-refractivity contribution < 1.29 is 9.53 Å². The Balaban J connectivity index is 1.49. The van der Waals surface area contributed by atoms with E-state index in [0.29, 0.717) is 23.0 Å². The van der Waals surface area contributed by atoms with Crippen molar-refractivity contribution in [3.63, 3.8) is 0 Å². The van der Waals surface area contributed by atoms with Gasteiger partial charge in [-0.2, -0.15) is 0 Å². The van der Waals surface area contributed by atoms with Gasteiger partial charge in [-0.15, -0.1) is 11.8 Å². The highest BCUT2D eigenvalue weighted by Crippen LogP contribution is 2.47. The lowest BCUT2D eigenvalue weighted by molar-refractivity contribution is -0.128. The molecule has 2 aliphatic heterocycles. The quantitative estimate of drug-likeness (QED) is 0.688. The third-order valence-corrected chi connectivity index (χ3v) is 7.52. The van der Waals surface area contributed by atoms with Crippen molar-refractivity contribution in [1.29, 1.82) is 0 Å². The van der Waals surface area contributed by atoms with Crippen LogP contribution >= 0.6 is 11.8 Å². The third kappa shape index (κ3) is 4.00. The molecule has 1 amide bonds. The maximum absolute atomic E-state index is 12.3. The monoisotopic (exact) mass is 352 g/mol. The van der Waals surface area contributed by atoms with E-state index in [2.05, 4.69) is 36.6 Å². The van der Waals surface area contributed by atoms with Gasteiger partial charge in [0.05, 0.1) is 24.3 Å². The highest BCUT2D eigenvalue weighted by atomic mass is 32.2. The van der Waals surface area contributed by atoms with Gasteiger partial charge in [-0.25, -0.2) is 0 Å². The van der Waals surface area contributed by atoms with Crippen LogP contribution in [-0.4, -0.2) is 66.2 Å². The first kappa shape index (κ1) is 18.3. The smallest absolute Gasteiger partial charge is 0.233 e. The molecule has 0 N–H and O–H groups in total. The molecule has 0 aromatic carbocycles. The van der Waals surface area contributed by atoms with Crippen molar-refractivity contribution in [2.75, 3.05) is 45.1 Å². The molecule has 5 heteroatoms. The largest absolute Gasteiger partial charge is 0.379 e. The second-order valence-corrected chi connectivity index (χ2v) is 9.10. The number of carbonyl (C=O) groups is 1. The predicted molar refractivity (Wildman–Crippen MR) is 100 cm³/mol. The van der Waals surface area contributed by atoms with E-state index in [4.69, 9.17) is 4.74 Å². The minimum absolute atomic E-state index is 0.283. The second kappa shape index (κ2) is 7.79. The first-order valence-electron chi connectivity index (χ1n) is 9.37. The number of amides is 1. The van der Waals surface area contributed by atoms with Gasteiger partial charge in [0.2, 0.25) is 5.91 Å². The summed E-state index contributed by atoms with van der Waals surface area (Å²) in [4.78, 5) is 16.9. The summed E-state index contributed by atoms with van der Waals surface area (Å²) >= 11 is 1.85. The number of carbonyl (C=O) groups excluding carboxylic acids is 1. The highest BCUT2D eigenvalue weighted by molar-refractivity contribution is 8.00.